The van der Waals surface area contributed by atoms with Gasteiger partial charge in [0.05, 0.1) is 18.5 Å². The summed E-state index contributed by atoms with van der Waals surface area (Å²) in [5.41, 5.74) is 1.11. The predicted molar refractivity (Wildman–Crippen MR) is 102 cm³/mol. The Morgan fingerprint density at radius 3 is 2.71 bits per heavy atom. The minimum absolute atomic E-state index is 0.0803. The zero-order valence-corrected chi connectivity index (χ0v) is 15.2. The summed E-state index contributed by atoms with van der Waals surface area (Å²) in [5.74, 6) is 7.85. The van der Waals surface area contributed by atoms with Gasteiger partial charge in [-0.15, -0.1) is 0 Å². The molecule has 0 radical (unpaired) electrons. The van der Waals surface area contributed by atoms with Gasteiger partial charge in [-0.05, 0) is 36.3 Å². The van der Waals surface area contributed by atoms with E-state index in [0.717, 1.165) is 12.0 Å². The lowest BCUT2D eigenvalue weighted by molar-refractivity contribution is -0.0154. The van der Waals surface area contributed by atoms with Crippen LogP contribution in [0.15, 0.2) is 36.7 Å². The molecule has 3 aliphatic carbocycles. The molecule has 6 rings (SSSR count). The third-order valence-corrected chi connectivity index (χ3v) is 6.52. The van der Waals surface area contributed by atoms with Crippen molar-refractivity contribution in [2.24, 2.45) is 17.8 Å². The molecule has 0 saturated heterocycles. The van der Waals surface area contributed by atoms with Crippen molar-refractivity contribution in [1.82, 2.24) is 19.5 Å². The van der Waals surface area contributed by atoms with Crippen LogP contribution < -0.4 is 5.32 Å². The minimum Gasteiger partial charge on any atom is -0.390 e. The van der Waals surface area contributed by atoms with E-state index in [2.05, 4.69) is 32.1 Å². The maximum absolute atomic E-state index is 11.0. The number of nitrogens with one attached hydrogen (secondary N) is 1. The first-order valence-electron chi connectivity index (χ1n) is 9.52. The van der Waals surface area contributed by atoms with E-state index < -0.39 is 11.7 Å². The molecule has 6 atom stereocenters. The Labute approximate surface area is 161 Å². The first-order chi connectivity index (χ1) is 13.6. The molecule has 3 fully saturated rings. The number of hydrogen-bond donors (Lipinski definition) is 3. The second kappa shape index (κ2) is 5.31. The Balaban J connectivity index is 1.44. The molecule has 7 heteroatoms. The zero-order chi connectivity index (χ0) is 19.0. The van der Waals surface area contributed by atoms with Gasteiger partial charge in [0.25, 0.3) is 0 Å². The Morgan fingerprint density at radius 2 is 2.00 bits per heavy atom. The number of fused-ring (bicyclic) bond motifs is 4. The van der Waals surface area contributed by atoms with Gasteiger partial charge in [-0.1, -0.05) is 24.1 Å². The predicted octanol–water partition coefficient (Wildman–Crippen LogP) is 1.18. The maximum Gasteiger partial charge on any atom is 0.209 e. The summed E-state index contributed by atoms with van der Waals surface area (Å²) in [6, 6.07) is 9.50. The van der Waals surface area contributed by atoms with Gasteiger partial charge < -0.3 is 20.1 Å². The largest absolute Gasteiger partial charge is 0.390 e. The molecule has 7 nitrogen and oxygen atoms in total. The highest BCUT2D eigenvalue weighted by Crippen LogP contribution is 2.76. The van der Waals surface area contributed by atoms with Gasteiger partial charge in [0.15, 0.2) is 17.0 Å². The lowest BCUT2D eigenvalue weighted by atomic mass is 10.1. The smallest absolute Gasteiger partial charge is 0.209 e. The number of hydrogen-bond acceptors (Lipinski definition) is 6. The fourth-order valence-electron chi connectivity index (χ4n) is 5.10. The molecule has 1 unspecified atom stereocenters. The van der Waals surface area contributed by atoms with Crippen LogP contribution in [0.1, 0.15) is 23.9 Å². The standard InChI is InChI=1S/C21H19N5O2/c1-22-19-16-20(25-14(24-19)8-7-11-5-3-2-4-6-11)26(10-23-16)17-15-12-9-13(12)18(27)21(15,17)28/h2-6,10,12-13,15,17-18,27-28H,9H2,1H3,(H,22,24,25)/t12?,13-,15+,17-,18-,21-/m1/s1. The first kappa shape index (κ1) is 16.0. The summed E-state index contributed by atoms with van der Waals surface area (Å²) < 4.78 is 1.90. The molecule has 3 N–H and O–H groups in total. The highest BCUT2D eigenvalue weighted by molar-refractivity contribution is 5.83. The third kappa shape index (κ3) is 1.99. The molecule has 0 aliphatic heterocycles. The van der Waals surface area contributed by atoms with Crippen LogP contribution in [-0.2, 0) is 0 Å². The van der Waals surface area contributed by atoms with Crippen LogP contribution >= 0.6 is 0 Å². The molecule has 3 saturated carbocycles. The summed E-state index contributed by atoms with van der Waals surface area (Å²) in [7, 11) is 1.78. The van der Waals surface area contributed by atoms with Crippen LogP contribution in [0.3, 0.4) is 0 Å². The Bertz CT molecular complexity index is 1160. The number of anilines is 1. The van der Waals surface area contributed by atoms with Crippen molar-refractivity contribution in [2.75, 3.05) is 12.4 Å². The number of aromatic nitrogens is 4. The van der Waals surface area contributed by atoms with Crippen LogP contribution in [-0.4, -0.2) is 48.5 Å². The lowest BCUT2D eigenvalue weighted by Crippen LogP contribution is -2.31. The molecule has 28 heavy (non-hydrogen) atoms. The van der Waals surface area contributed by atoms with E-state index in [4.69, 9.17) is 0 Å². The van der Waals surface area contributed by atoms with Crippen molar-refractivity contribution >= 4 is 17.0 Å². The molecule has 140 valence electrons. The van der Waals surface area contributed by atoms with Gasteiger partial charge in [-0.2, -0.15) is 0 Å². The summed E-state index contributed by atoms with van der Waals surface area (Å²) in [6.45, 7) is 0. The quantitative estimate of drug-likeness (QED) is 0.584. The molecule has 3 aliphatic rings. The highest BCUT2D eigenvalue weighted by Gasteiger charge is 2.83. The van der Waals surface area contributed by atoms with E-state index in [1.54, 1.807) is 13.4 Å². The Morgan fingerprint density at radius 1 is 1.18 bits per heavy atom. The molecule has 3 aromatic rings. The first-order valence-corrected chi connectivity index (χ1v) is 9.52. The van der Waals surface area contributed by atoms with Gasteiger partial charge in [-0.3, -0.25) is 0 Å². The van der Waals surface area contributed by atoms with Crippen molar-refractivity contribution in [3.05, 3.63) is 48.0 Å². The normalized spacial score (nSPS) is 34.3. The minimum atomic E-state index is -1.05. The molecular weight excluding hydrogens is 354 g/mol. The van der Waals surface area contributed by atoms with Crippen molar-refractivity contribution < 1.29 is 10.2 Å². The van der Waals surface area contributed by atoms with E-state index in [-0.39, 0.29) is 17.9 Å². The number of aliphatic hydroxyl groups is 2. The molecular formula is C21H19N5O2. The summed E-state index contributed by atoms with van der Waals surface area (Å²) >= 11 is 0. The molecule has 0 bridgehead atoms. The van der Waals surface area contributed by atoms with Gasteiger partial charge in [0, 0.05) is 18.5 Å². The number of imidazole rings is 1. The van der Waals surface area contributed by atoms with E-state index in [0.29, 0.717) is 28.7 Å². The van der Waals surface area contributed by atoms with E-state index in [9.17, 15) is 10.2 Å². The molecule has 0 amide bonds. The van der Waals surface area contributed by atoms with Crippen LogP contribution in [0.25, 0.3) is 11.2 Å². The zero-order valence-electron chi connectivity index (χ0n) is 15.2. The van der Waals surface area contributed by atoms with Gasteiger partial charge >= 0.3 is 0 Å². The Kier molecular flexibility index (Phi) is 3.04. The molecule has 0 spiro atoms. The van der Waals surface area contributed by atoms with Crippen molar-refractivity contribution in [3.63, 3.8) is 0 Å². The fraction of sp³-hybridized carbons (Fsp3) is 0.381. The summed E-state index contributed by atoms with van der Waals surface area (Å²) in [5, 5.41) is 24.5. The van der Waals surface area contributed by atoms with Crippen molar-refractivity contribution in [1.29, 1.82) is 0 Å². The third-order valence-electron chi connectivity index (χ3n) is 6.52. The SMILES string of the molecule is CNc1nc(C#Cc2ccccc2)nc2c1ncn2[C@@H]1[C@@H]2C3C[C@H]3[C@@H](O)[C@@]21O. The second-order valence-corrected chi connectivity index (χ2v) is 7.95. The number of benzene rings is 1. The topological polar surface area (TPSA) is 96.1 Å². The number of rotatable bonds is 2. The van der Waals surface area contributed by atoms with E-state index in [1.807, 2.05) is 34.9 Å². The molecule has 2 heterocycles. The van der Waals surface area contributed by atoms with E-state index in [1.165, 1.54) is 0 Å². The van der Waals surface area contributed by atoms with Gasteiger partial charge in [-0.25, -0.2) is 15.0 Å². The van der Waals surface area contributed by atoms with E-state index >= 15 is 0 Å². The number of aliphatic hydroxyl groups excluding tert-OH is 1. The average Bonchev–Trinajstić information content (AvgIpc) is 3.56. The van der Waals surface area contributed by atoms with Crippen molar-refractivity contribution in [2.45, 2.75) is 24.2 Å². The molecule has 2 aromatic heterocycles. The monoisotopic (exact) mass is 373 g/mol. The van der Waals surface area contributed by atoms with Crippen LogP contribution in [0, 0.1) is 29.6 Å². The number of nitrogens with zero attached hydrogens (tertiary/aromatic N) is 4. The Hall–Kier alpha value is -2.95. The summed E-state index contributed by atoms with van der Waals surface area (Å²) in [4.78, 5) is 13.6. The average molecular weight is 373 g/mol. The van der Waals surface area contributed by atoms with Crippen LogP contribution in [0.4, 0.5) is 5.82 Å². The summed E-state index contributed by atoms with van der Waals surface area (Å²) in [6.07, 6.45) is 2.04. The second-order valence-electron chi connectivity index (χ2n) is 7.95. The van der Waals surface area contributed by atoms with Crippen LogP contribution in [0.2, 0.25) is 0 Å². The van der Waals surface area contributed by atoms with Crippen molar-refractivity contribution in [3.8, 4) is 11.8 Å². The van der Waals surface area contributed by atoms with Gasteiger partial charge in [0.1, 0.15) is 5.60 Å². The molecule has 1 aromatic carbocycles. The maximum atomic E-state index is 11.0. The lowest BCUT2D eigenvalue weighted by Gasteiger charge is -2.17. The fourth-order valence-corrected chi connectivity index (χ4v) is 5.10. The van der Waals surface area contributed by atoms with Crippen LogP contribution in [0.5, 0.6) is 0 Å². The van der Waals surface area contributed by atoms with Gasteiger partial charge in [0.2, 0.25) is 5.82 Å². The highest BCUT2D eigenvalue weighted by atomic mass is 16.4.